The van der Waals surface area contributed by atoms with Gasteiger partial charge in [0.2, 0.25) is 5.88 Å². The van der Waals surface area contributed by atoms with Gasteiger partial charge in [0.05, 0.1) is 29.0 Å². The van der Waals surface area contributed by atoms with Crippen LogP contribution in [0.5, 0.6) is 5.88 Å². The summed E-state index contributed by atoms with van der Waals surface area (Å²) < 4.78 is 11.6. The summed E-state index contributed by atoms with van der Waals surface area (Å²) in [5, 5.41) is 13.6. The van der Waals surface area contributed by atoms with Gasteiger partial charge in [-0.1, -0.05) is 12.1 Å². The Kier molecular flexibility index (Phi) is 4.58. The number of carboxylic acid groups (broad SMARTS) is 1. The van der Waals surface area contributed by atoms with Crippen molar-refractivity contribution in [3.05, 3.63) is 74.9 Å². The van der Waals surface area contributed by atoms with E-state index in [-0.39, 0.29) is 11.0 Å². The number of rotatable bonds is 4. The quantitative estimate of drug-likeness (QED) is 0.696. The number of ether oxygens (including phenoxy) is 1. The van der Waals surface area contributed by atoms with E-state index in [0.29, 0.717) is 51.7 Å². The molecule has 1 aromatic carbocycles. The van der Waals surface area contributed by atoms with Crippen LogP contribution in [0, 0.1) is 6.92 Å². The van der Waals surface area contributed by atoms with Gasteiger partial charge in [0, 0.05) is 29.2 Å². The molecule has 0 bridgehead atoms. The number of pyridine rings is 1. The van der Waals surface area contributed by atoms with E-state index in [9.17, 15) is 14.7 Å². The molecule has 1 atom stereocenters. The van der Waals surface area contributed by atoms with Gasteiger partial charge in [0.25, 0.3) is 0 Å². The van der Waals surface area contributed by atoms with Crippen molar-refractivity contribution in [1.29, 1.82) is 0 Å². The Hall–Kier alpha value is -3.61. The highest BCUT2D eigenvalue weighted by Crippen LogP contribution is 2.46. The first-order chi connectivity index (χ1) is 13.9. The van der Waals surface area contributed by atoms with Crippen molar-refractivity contribution in [3.8, 4) is 5.88 Å². The van der Waals surface area contributed by atoms with E-state index in [1.807, 2.05) is 6.92 Å². The Morgan fingerprint density at radius 1 is 1.31 bits per heavy atom. The second-order valence-electron chi connectivity index (χ2n) is 6.86. The average Bonchev–Trinajstić information content (AvgIpc) is 2.66. The van der Waals surface area contributed by atoms with Crippen LogP contribution in [-0.4, -0.2) is 22.7 Å². The van der Waals surface area contributed by atoms with Crippen LogP contribution in [-0.2, 0) is 4.79 Å². The number of carbonyl (C=O) groups is 1. The zero-order valence-electron chi connectivity index (χ0n) is 16.3. The van der Waals surface area contributed by atoms with Gasteiger partial charge in [-0.15, -0.1) is 0 Å². The normalized spacial score (nSPS) is 15.8. The summed E-state index contributed by atoms with van der Waals surface area (Å²) in [4.78, 5) is 29.1. The molecule has 3 aromatic rings. The smallest absolute Gasteiger partial charge is 0.334 e. The van der Waals surface area contributed by atoms with Crippen LogP contribution in [0.25, 0.3) is 11.0 Å². The molecule has 0 amide bonds. The predicted molar refractivity (Wildman–Crippen MR) is 108 cm³/mol. The number of benzene rings is 1. The molecule has 0 spiro atoms. The molecule has 29 heavy (non-hydrogen) atoms. The molecule has 3 heterocycles. The van der Waals surface area contributed by atoms with Crippen LogP contribution < -0.4 is 15.5 Å². The summed E-state index contributed by atoms with van der Waals surface area (Å²) in [5.41, 5.74) is 2.76. The van der Waals surface area contributed by atoms with Crippen molar-refractivity contribution >= 4 is 22.6 Å². The van der Waals surface area contributed by atoms with Gasteiger partial charge in [-0.2, -0.15) is 0 Å². The van der Waals surface area contributed by atoms with Crippen LogP contribution in [0.1, 0.15) is 36.7 Å². The van der Waals surface area contributed by atoms with E-state index in [4.69, 9.17) is 9.15 Å². The first-order valence-corrected chi connectivity index (χ1v) is 9.28. The number of aryl methyl sites for hydroxylation is 1. The zero-order valence-corrected chi connectivity index (χ0v) is 16.3. The van der Waals surface area contributed by atoms with Gasteiger partial charge in [-0.05, 0) is 32.9 Å². The van der Waals surface area contributed by atoms with E-state index in [1.54, 1.807) is 44.3 Å². The molecule has 1 aliphatic heterocycles. The van der Waals surface area contributed by atoms with Crippen molar-refractivity contribution in [2.24, 2.45) is 0 Å². The number of fused-ring (bicyclic) bond motifs is 2. The highest BCUT2D eigenvalue weighted by atomic mass is 16.5. The topological polar surface area (TPSA) is 102 Å². The van der Waals surface area contributed by atoms with Gasteiger partial charge in [0.1, 0.15) is 11.3 Å². The van der Waals surface area contributed by atoms with Gasteiger partial charge in [-0.3, -0.25) is 4.79 Å². The Morgan fingerprint density at radius 2 is 2.10 bits per heavy atom. The number of aromatic nitrogens is 1. The van der Waals surface area contributed by atoms with Crippen molar-refractivity contribution < 1.29 is 19.1 Å². The van der Waals surface area contributed by atoms with Crippen LogP contribution >= 0.6 is 0 Å². The van der Waals surface area contributed by atoms with Crippen molar-refractivity contribution in [3.63, 3.8) is 0 Å². The molecule has 7 nitrogen and oxygen atoms in total. The second kappa shape index (κ2) is 7.09. The van der Waals surface area contributed by atoms with Crippen molar-refractivity contribution in [1.82, 2.24) is 4.98 Å². The molecule has 0 aliphatic carbocycles. The fourth-order valence-electron chi connectivity index (χ4n) is 3.86. The summed E-state index contributed by atoms with van der Waals surface area (Å²) in [6.45, 7) is 5.63. The summed E-state index contributed by atoms with van der Waals surface area (Å²) in [6, 6.07) is 8.39. The van der Waals surface area contributed by atoms with E-state index in [1.165, 1.54) is 6.07 Å². The minimum absolute atomic E-state index is 0.156. The standard InChI is InChI=1S/C22H20N2O5/c1-4-28-21-19-15(8-9-23-21)24-12(3)17(22(26)27)18(19)14-7-5-6-13-16(25)10-11(2)29-20(13)14/h5-10,18,24H,4H2,1-3H3,(H,26,27). The molecule has 0 saturated heterocycles. The summed E-state index contributed by atoms with van der Waals surface area (Å²) in [7, 11) is 0. The minimum atomic E-state index is -1.07. The maximum atomic E-state index is 12.5. The number of anilines is 1. The second-order valence-corrected chi connectivity index (χ2v) is 6.86. The lowest BCUT2D eigenvalue weighted by Crippen LogP contribution is -2.24. The maximum absolute atomic E-state index is 12.5. The number of nitrogens with one attached hydrogen (secondary N) is 1. The minimum Gasteiger partial charge on any atom is -0.478 e. The third-order valence-electron chi connectivity index (χ3n) is 4.99. The monoisotopic (exact) mass is 392 g/mol. The molecule has 0 radical (unpaired) electrons. The largest absolute Gasteiger partial charge is 0.478 e. The summed E-state index contributed by atoms with van der Waals surface area (Å²) in [6.07, 6.45) is 1.61. The number of carboxylic acids is 1. The maximum Gasteiger partial charge on any atom is 0.334 e. The highest BCUT2D eigenvalue weighted by molar-refractivity contribution is 5.95. The molecule has 2 N–H and O–H groups in total. The number of hydrogen-bond acceptors (Lipinski definition) is 6. The van der Waals surface area contributed by atoms with Crippen LogP contribution in [0.4, 0.5) is 5.69 Å². The first-order valence-electron chi connectivity index (χ1n) is 9.28. The molecule has 7 heteroatoms. The van der Waals surface area contributed by atoms with Gasteiger partial charge in [-0.25, -0.2) is 9.78 Å². The molecule has 148 valence electrons. The average molecular weight is 392 g/mol. The predicted octanol–water partition coefficient (Wildman–Crippen LogP) is 3.81. The number of para-hydroxylation sites is 1. The molecule has 1 aliphatic rings. The van der Waals surface area contributed by atoms with Crippen molar-refractivity contribution in [2.75, 3.05) is 11.9 Å². The molecular formula is C22H20N2O5. The Bertz CT molecular complexity index is 1230. The summed E-state index contributed by atoms with van der Waals surface area (Å²) >= 11 is 0. The number of hydrogen-bond donors (Lipinski definition) is 2. The van der Waals surface area contributed by atoms with Gasteiger partial charge >= 0.3 is 5.97 Å². The summed E-state index contributed by atoms with van der Waals surface area (Å²) in [5.74, 6) is -0.977. The lowest BCUT2D eigenvalue weighted by atomic mass is 9.80. The SMILES string of the molecule is CCOc1nccc2c1C(c1cccc3c(=O)cc(C)oc13)C(C(=O)O)=C(C)N2. The van der Waals surface area contributed by atoms with E-state index < -0.39 is 11.9 Å². The molecule has 0 saturated carbocycles. The van der Waals surface area contributed by atoms with Crippen LogP contribution in [0.3, 0.4) is 0 Å². The number of nitrogens with zero attached hydrogens (tertiary/aromatic N) is 1. The number of allylic oxidation sites excluding steroid dienone is 1. The van der Waals surface area contributed by atoms with E-state index in [0.717, 1.165) is 0 Å². The zero-order chi connectivity index (χ0) is 20.7. The highest BCUT2D eigenvalue weighted by Gasteiger charge is 2.36. The fraction of sp³-hybridized carbons (Fsp3) is 0.227. The molecule has 4 rings (SSSR count). The fourth-order valence-corrected chi connectivity index (χ4v) is 3.86. The lowest BCUT2D eigenvalue weighted by Gasteiger charge is -2.30. The molecule has 2 aromatic heterocycles. The molecular weight excluding hydrogens is 372 g/mol. The first kappa shape index (κ1) is 18.7. The molecule has 0 fully saturated rings. The lowest BCUT2D eigenvalue weighted by molar-refractivity contribution is -0.132. The Balaban J connectivity index is 2.11. The van der Waals surface area contributed by atoms with Crippen LogP contribution in [0.15, 0.2) is 57.0 Å². The Morgan fingerprint density at radius 3 is 2.83 bits per heavy atom. The van der Waals surface area contributed by atoms with E-state index in [2.05, 4.69) is 10.3 Å². The third-order valence-corrected chi connectivity index (χ3v) is 4.99. The van der Waals surface area contributed by atoms with E-state index >= 15 is 0 Å². The van der Waals surface area contributed by atoms with Crippen molar-refractivity contribution in [2.45, 2.75) is 26.7 Å². The van der Waals surface area contributed by atoms with Gasteiger partial charge in [0.15, 0.2) is 5.43 Å². The molecule has 1 unspecified atom stereocenters. The third kappa shape index (κ3) is 3.04. The van der Waals surface area contributed by atoms with Crippen LogP contribution in [0.2, 0.25) is 0 Å². The van der Waals surface area contributed by atoms with Gasteiger partial charge < -0.3 is 19.6 Å². The Labute approximate surface area is 166 Å². The number of aliphatic carboxylic acids is 1.